The third-order valence-corrected chi connectivity index (χ3v) is 6.10. The van der Waals surface area contributed by atoms with Crippen molar-refractivity contribution in [2.75, 3.05) is 13.1 Å². The van der Waals surface area contributed by atoms with Gasteiger partial charge in [-0.2, -0.15) is 5.10 Å². The Morgan fingerprint density at radius 2 is 1.89 bits per heavy atom. The molecule has 1 amide bonds. The predicted molar refractivity (Wildman–Crippen MR) is 134 cm³/mol. The van der Waals surface area contributed by atoms with Gasteiger partial charge >= 0.3 is 6.09 Å². The zero-order valence-corrected chi connectivity index (χ0v) is 20.6. The fourth-order valence-corrected chi connectivity index (χ4v) is 4.43. The van der Waals surface area contributed by atoms with Crippen LogP contribution in [-0.4, -0.2) is 49.7 Å². The van der Waals surface area contributed by atoms with Crippen LogP contribution in [0, 0.1) is 12.7 Å². The molecule has 180 valence electrons. The van der Waals surface area contributed by atoms with Crippen LogP contribution in [0.15, 0.2) is 42.6 Å². The second-order valence-electron chi connectivity index (χ2n) is 10.1. The van der Waals surface area contributed by atoms with Gasteiger partial charge in [0.2, 0.25) is 0 Å². The summed E-state index contributed by atoms with van der Waals surface area (Å²) in [4.78, 5) is 14.0. The van der Waals surface area contributed by atoms with Crippen LogP contribution in [0.4, 0.5) is 9.18 Å². The molecule has 35 heavy (non-hydrogen) atoms. The number of fused-ring (bicyclic) bond motifs is 2. The lowest BCUT2D eigenvalue weighted by Gasteiger charge is -2.29. The first kappa shape index (κ1) is 23.0. The second-order valence-corrected chi connectivity index (χ2v) is 10.1. The van der Waals surface area contributed by atoms with Crippen molar-refractivity contribution in [2.45, 2.75) is 39.7 Å². The normalized spacial score (nSPS) is 14.5. The summed E-state index contributed by atoms with van der Waals surface area (Å²) in [6.45, 7) is 8.48. The number of rotatable bonds is 2. The van der Waals surface area contributed by atoms with E-state index in [1.807, 2.05) is 65.2 Å². The molecule has 0 saturated heterocycles. The molecule has 4 aromatic rings. The summed E-state index contributed by atoms with van der Waals surface area (Å²) in [5, 5.41) is 14.7. The molecule has 1 aliphatic heterocycles. The van der Waals surface area contributed by atoms with Crippen molar-refractivity contribution >= 4 is 33.5 Å². The highest BCUT2D eigenvalue weighted by molar-refractivity contribution is 5.90. The van der Waals surface area contributed by atoms with Gasteiger partial charge < -0.3 is 9.64 Å². The highest BCUT2D eigenvalue weighted by Gasteiger charge is 2.24. The molecule has 0 spiro atoms. The topological polar surface area (TPSA) is 73.1 Å². The van der Waals surface area contributed by atoms with E-state index in [1.165, 1.54) is 0 Å². The number of amides is 1. The fourth-order valence-electron chi connectivity index (χ4n) is 4.43. The van der Waals surface area contributed by atoms with E-state index in [1.54, 1.807) is 21.7 Å². The minimum absolute atomic E-state index is 0.337. The molecule has 8 heteroatoms. The number of benzene rings is 2. The van der Waals surface area contributed by atoms with Gasteiger partial charge in [0.1, 0.15) is 11.4 Å². The molecule has 5 rings (SSSR count). The van der Waals surface area contributed by atoms with Crippen LogP contribution in [0.3, 0.4) is 0 Å². The summed E-state index contributed by atoms with van der Waals surface area (Å²) in [7, 11) is 1.89. The molecule has 0 atom stereocenters. The second kappa shape index (κ2) is 8.45. The van der Waals surface area contributed by atoms with E-state index in [9.17, 15) is 4.79 Å². The number of halogens is 1. The molecule has 0 unspecified atom stereocenters. The van der Waals surface area contributed by atoms with Gasteiger partial charge in [0, 0.05) is 42.7 Å². The van der Waals surface area contributed by atoms with Gasteiger partial charge in [0.05, 0.1) is 16.7 Å². The van der Waals surface area contributed by atoms with Crippen LogP contribution in [0.5, 0.6) is 0 Å². The van der Waals surface area contributed by atoms with Gasteiger partial charge in [-0.05, 0) is 81.1 Å². The summed E-state index contributed by atoms with van der Waals surface area (Å²) in [5.41, 5.74) is 5.15. The Labute approximate surface area is 203 Å². The number of aromatic nitrogens is 4. The lowest BCUT2D eigenvalue weighted by Crippen LogP contribution is -2.39. The van der Waals surface area contributed by atoms with Crippen LogP contribution in [-0.2, 0) is 11.8 Å². The summed E-state index contributed by atoms with van der Waals surface area (Å²) < 4.78 is 22.5. The Morgan fingerprint density at radius 1 is 1.09 bits per heavy atom. The van der Waals surface area contributed by atoms with Gasteiger partial charge in [-0.1, -0.05) is 6.08 Å². The molecule has 1 aliphatic rings. The summed E-state index contributed by atoms with van der Waals surface area (Å²) in [6.07, 6.45) is 4.17. The van der Waals surface area contributed by atoms with Gasteiger partial charge in [-0.15, -0.1) is 10.2 Å². The van der Waals surface area contributed by atoms with Crippen LogP contribution in [0.25, 0.3) is 38.6 Å². The van der Waals surface area contributed by atoms with Crippen molar-refractivity contribution in [1.29, 1.82) is 0 Å². The van der Waals surface area contributed by atoms with Crippen molar-refractivity contribution in [2.24, 2.45) is 7.05 Å². The molecule has 0 bridgehead atoms. The van der Waals surface area contributed by atoms with Gasteiger partial charge in [0.25, 0.3) is 0 Å². The van der Waals surface area contributed by atoms with Crippen LogP contribution < -0.4 is 0 Å². The van der Waals surface area contributed by atoms with Crippen molar-refractivity contribution in [3.63, 3.8) is 0 Å². The molecule has 2 aromatic carbocycles. The third kappa shape index (κ3) is 4.60. The van der Waals surface area contributed by atoms with Crippen LogP contribution in [0.1, 0.15) is 38.3 Å². The highest BCUT2D eigenvalue weighted by Crippen LogP contribution is 2.31. The molecular weight excluding hydrogens is 445 g/mol. The number of nitrogens with zero attached hydrogens (tertiary/aromatic N) is 5. The Morgan fingerprint density at radius 3 is 2.60 bits per heavy atom. The van der Waals surface area contributed by atoms with Crippen LogP contribution in [0.2, 0.25) is 0 Å². The molecule has 0 fully saturated rings. The minimum atomic E-state index is -0.539. The number of hydrogen-bond donors (Lipinski definition) is 0. The van der Waals surface area contributed by atoms with Crippen LogP contribution >= 0.6 is 0 Å². The lowest BCUT2D eigenvalue weighted by molar-refractivity contribution is 0.0270. The van der Waals surface area contributed by atoms with Gasteiger partial charge in [-0.3, -0.25) is 4.68 Å². The fraction of sp³-hybridized carbons (Fsp3) is 0.333. The average Bonchev–Trinajstić information content (AvgIpc) is 3.18. The highest BCUT2D eigenvalue weighted by atomic mass is 19.1. The number of carbonyl (C=O) groups excluding carboxylic acids is 1. The minimum Gasteiger partial charge on any atom is -0.444 e. The summed E-state index contributed by atoms with van der Waals surface area (Å²) >= 11 is 0. The number of aryl methyl sites for hydroxylation is 2. The first-order chi connectivity index (χ1) is 16.6. The molecule has 0 radical (unpaired) electrons. The maximum atomic E-state index is 15.2. The molecule has 0 aliphatic carbocycles. The molecule has 0 saturated carbocycles. The molecule has 3 heterocycles. The Hall–Kier alpha value is -3.81. The van der Waals surface area contributed by atoms with Gasteiger partial charge in [0.15, 0.2) is 0 Å². The smallest absolute Gasteiger partial charge is 0.410 e. The van der Waals surface area contributed by atoms with E-state index in [0.717, 1.165) is 33.2 Å². The van der Waals surface area contributed by atoms with Crippen molar-refractivity contribution in [1.82, 2.24) is 24.9 Å². The quantitative estimate of drug-likeness (QED) is 0.376. The number of carbonyl (C=O) groups is 1. The SMILES string of the molecule is Cc1cc(-c2cc3c(F)cc(C4=CCN(C(=O)OC(C)(C)C)CC4)cc3nn2)cc2cn(C)nc12. The zero-order chi connectivity index (χ0) is 24.9. The number of hydrogen-bond acceptors (Lipinski definition) is 5. The maximum Gasteiger partial charge on any atom is 0.410 e. The lowest BCUT2D eigenvalue weighted by atomic mass is 9.97. The van der Waals surface area contributed by atoms with Gasteiger partial charge in [-0.25, -0.2) is 9.18 Å². The monoisotopic (exact) mass is 473 g/mol. The molecule has 7 nitrogen and oxygen atoms in total. The Bertz CT molecular complexity index is 1500. The zero-order valence-electron chi connectivity index (χ0n) is 20.6. The first-order valence-corrected chi connectivity index (χ1v) is 11.7. The van der Waals surface area contributed by atoms with Crippen molar-refractivity contribution in [3.8, 4) is 11.3 Å². The van der Waals surface area contributed by atoms with E-state index in [4.69, 9.17) is 4.74 Å². The third-order valence-electron chi connectivity index (χ3n) is 6.10. The van der Waals surface area contributed by atoms with E-state index < -0.39 is 5.60 Å². The first-order valence-electron chi connectivity index (χ1n) is 11.7. The van der Waals surface area contributed by atoms with E-state index in [-0.39, 0.29) is 11.9 Å². The summed E-state index contributed by atoms with van der Waals surface area (Å²) in [5.74, 6) is -0.344. The molecule has 0 N–H and O–H groups in total. The summed E-state index contributed by atoms with van der Waals surface area (Å²) in [6, 6.07) is 9.15. The predicted octanol–water partition coefficient (Wildman–Crippen LogP) is 5.66. The number of ether oxygens (including phenoxy) is 1. The Balaban J connectivity index is 1.43. The molecule has 2 aromatic heterocycles. The molecular formula is C27H28FN5O2. The van der Waals surface area contributed by atoms with E-state index in [0.29, 0.717) is 36.1 Å². The average molecular weight is 474 g/mol. The standard InChI is InChI=1S/C27H28FN5O2/c1-16-10-19(11-20-15-32(5)31-25(16)20)23-14-21-22(28)12-18(13-24(21)30-29-23)17-6-8-33(9-7-17)26(34)35-27(2,3)4/h6,10-15H,7-9H2,1-5H3. The van der Waals surface area contributed by atoms with E-state index in [2.05, 4.69) is 15.3 Å². The maximum absolute atomic E-state index is 15.2. The van der Waals surface area contributed by atoms with Crippen molar-refractivity contribution < 1.29 is 13.9 Å². The Kier molecular flexibility index (Phi) is 5.54. The van der Waals surface area contributed by atoms with E-state index >= 15 is 4.39 Å². The van der Waals surface area contributed by atoms with Crippen molar-refractivity contribution in [3.05, 3.63) is 59.5 Å². The largest absolute Gasteiger partial charge is 0.444 e.